The van der Waals surface area contributed by atoms with Crippen molar-refractivity contribution in [2.75, 3.05) is 5.32 Å². The van der Waals surface area contributed by atoms with Crippen molar-refractivity contribution in [2.24, 2.45) is 0 Å². The number of nitrogens with one attached hydrogen (secondary N) is 1. The van der Waals surface area contributed by atoms with Crippen LogP contribution in [0.5, 0.6) is 0 Å². The quantitative estimate of drug-likeness (QED) is 0.375. The van der Waals surface area contributed by atoms with E-state index in [1.54, 1.807) is 6.20 Å². The number of fused-ring (bicyclic) bond motifs is 1. The van der Waals surface area contributed by atoms with Crippen molar-refractivity contribution >= 4 is 22.5 Å². The molecule has 0 spiro atoms. The van der Waals surface area contributed by atoms with Crippen LogP contribution in [0.4, 0.5) is 5.82 Å². The zero-order valence-electron chi connectivity index (χ0n) is 17.4. The average molecular weight is 415 g/mol. The van der Waals surface area contributed by atoms with Gasteiger partial charge in [-0.05, 0) is 16.3 Å². The summed E-state index contributed by atoms with van der Waals surface area (Å²) in [6.07, 6.45) is 1.97. The molecule has 0 aliphatic carbocycles. The molecular formula is C28H21N3O. The van der Waals surface area contributed by atoms with Gasteiger partial charge in [-0.3, -0.25) is 4.79 Å². The first-order valence-corrected chi connectivity index (χ1v) is 10.5. The highest BCUT2D eigenvalue weighted by Gasteiger charge is 2.14. The Bertz CT molecular complexity index is 1380. The van der Waals surface area contributed by atoms with E-state index >= 15 is 0 Å². The molecule has 4 aromatic carbocycles. The van der Waals surface area contributed by atoms with Gasteiger partial charge in [-0.25, -0.2) is 9.97 Å². The van der Waals surface area contributed by atoms with Crippen LogP contribution in [0.3, 0.4) is 0 Å². The highest BCUT2D eigenvalue weighted by molar-refractivity contribution is 5.95. The Hall–Kier alpha value is -4.31. The van der Waals surface area contributed by atoms with Crippen molar-refractivity contribution in [3.63, 3.8) is 0 Å². The summed E-state index contributed by atoms with van der Waals surface area (Å²) in [5.41, 5.74) is 4.25. The number of amides is 1. The number of carbonyl (C=O) groups is 1. The van der Waals surface area contributed by atoms with Gasteiger partial charge >= 0.3 is 0 Å². The van der Waals surface area contributed by atoms with Crippen LogP contribution in [-0.2, 0) is 11.2 Å². The first-order valence-electron chi connectivity index (χ1n) is 10.5. The molecule has 0 aliphatic rings. The van der Waals surface area contributed by atoms with E-state index in [2.05, 4.69) is 28.5 Å². The van der Waals surface area contributed by atoms with Crippen LogP contribution in [0.25, 0.3) is 33.3 Å². The summed E-state index contributed by atoms with van der Waals surface area (Å²) in [5, 5.41) is 5.25. The largest absolute Gasteiger partial charge is 0.309 e. The lowest BCUT2D eigenvalue weighted by molar-refractivity contribution is -0.115. The molecule has 5 aromatic rings. The minimum absolute atomic E-state index is 0.126. The molecule has 1 heterocycles. The summed E-state index contributed by atoms with van der Waals surface area (Å²) in [7, 11) is 0. The molecule has 32 heavy (non-hydrogen) atoms. The van der Waals surface area contributed by atoms with Gasteiger partial charge in [0.15, 0.2) is 5.82 Å². The second-order valence-electron chi connectivity index (χ2n) is 7.59. The Labute approximate surface area is 186 Å². The maximum atomic E-state index is 12.9. The molecule has 4 heteroatoms. The highest BCUT2D eigenvalue weighted by Crippen LogP contribution is 2.27. The Kier molecular flexibility index (Phi) is 5.41. The predicted molar refractivity (Wildman–Crippen MR) is 129 cm³/mol. The van der Waals surface area contributed by atoms with Gasteiger partial charge in [0.2, 0.25) is 5.91 Å². The van der Waals surface area contributed by atoms with E-state index in [0.29, 0.717) is 11.5 Å². The van der Waals surface area contributed by atoms with Crippen molar-refractivity contribution in [3.8, 4) is 22.5 Å². The molecule has 0 aliphatic heterocycles. The van der Waals surface area contributed by atoms with E-state index < -0.39 is 0 Å². The number of carbonyl (C=O) groups excluding carboxylic acids is 1. The van der Waals surface area contributed by atoms with E-state index in [0.717, 1.165) is 33.2 Å². The fraction of sp³-hybridized carbons (Fsp3) is 0.0357. The fourth-order valence-corrected chi connectivity index (χ4v) is 3.74. The monoisotopic (exact) mass is 415 g/mol. The van der Waals surface area contributed by atoms with E-state index in [1.807, 2.05) is 84.9 Å². The molecule has 0 saturated heterocycles. The normalized spacial score (nSPS) is 10.8. The van der Waals surface area contributed by atoms with E-state index in [4.69, 9.17) is 4.98 Å². The van der Waals surface area contributed by atoms with Crippen molar-refractivity contribution in [1.29, 1.82) is 0 Å². The Morgan fingerprint density at radius 1 is 0.719 bits per heavy atom. The molecule has 0 unspecified atom stereocenters. The molecule has 154 valence electrons. The third kappa shape index (κ3) is 4.25. The molecule has 4 nitrogen and oxygen atoms in total. The van der Waals surface area contributed by atoms with E-state index in [1.165, 1.54) is 0 Å². The molecule has 0 saturated carbocycles. The zero-order valence-corrected chi connectivity index (χ0v) is 17.4. The van der Waals surface area contributed by atoms with Gasteiger partial charge in [0.05, 0.1) is 18.3 Å². The van der Waals surface area contributed by atoms with Crippen LogP contribution in [-0.4, -0.2) is 15.9 Å². The number of hydrogen-bond acceptors (Lipinski definition) is 3. The number of rotatable bonds is 5. The fourth-order valence-electron chi connectivity index (χ4n) is 3.74. The topological polar surface area (TPSA) is 54.9 Å². The molecule has 1 N–H and O–H groups in total. The molecule has 0 fully saturated rings. The number of benzene rings is 4. The minimum atomic E-state index is -0.126. The van der Waals surface area contributed by atoms with Crippen LogP contribution in [0.1, 0.15) is 5.56 Å². The van der Waals surface area contributed by atoms with Gasteiger partial charge in [-0.15, -0.1) is 0 Å². The second-order valence-corrected chi connectivity index (χ2v) is 7.59. The van der Waals surface area contributed by atoms with Gasteiger partial charge in [0.25, 0.3) is 0 Å². The van der Waals surface area contributed by atoms with E-state index in [9.17, 15) is 4.79 Å². The average Bonchev–Trinajstić information content (AvgIpc) is 2.85. The summed E-state index contributed by atoms with van der Waals surface area (Å²) in [5.74, 6) is 0.334. The molecule has 1 amide bonds. The van der Waals surface area contributed by atoms with Crippen LogP contribution in [0.15, 0.2) is 109 Å². The smallest absolute Gasteiger partial charge is 0.230 e. The molecule has 5 rings (SSSR count). The molecule has 0 bridgehead atoms. The lowest BCUT2D eigenvalue weighted by Crippen LogP contribution is -2.16. The van der Waals surface area contributed by atoms with Crippen LogP contribution < -0.4 is 5.32 Å². The number of nitrogens with zero attached hydrogens (tertiary/aromatic N) is 2. The number of anilines is 1. The SMILES string of the molecule is O=C(Cc1ccc2ccccc2c1)Nc1ncc(-c2ccccc2)nc1-c1ccccc1. The molecule has 1 aromatic heterocycles. The summed E-state index contributed by atoms with van der Waals surface area (Å²) in [6, 6.07) is 33.9. The third-order valence-electron chi connectivity index (χ3n) is 5.33. The van der Waals surface area contributed by atoms with Crippen LogP contribution >= 0.6 is 0 Å². The first kappa shape index (κ1) is 19.6. The van der Waals surface area contributed by atoms with Gasteiger partial charge in [-0.1, -0.05) is 103 Å². The van der Waals surface area contributed by atoms with Gasteiger partial charge in [-0.2, -0.15) is 0 Å². The van der Waals surface area contributed by atoms with Crippen molar-refractivity contribution in [3.05, 3.63) is 115 Å². The van der Waals surface area contributed by atoms with Gasteiger partial charge < -0.3 is 5.32 Å². The first-order chi connectivity index (χ1) is 15.8. The Balaban J connectivity index is 1.44. The van der Waals surface area contributed by atoms with Gasteiger partial charge in [0.1, 0.15) is 5.69 Å². The van der Waals surface area contributed by atoms with Crippen LogP contribution in [0, 0.1) is 0 Å². The third-order valence-corrected chi connectivity index (χ3v) is 5.33. The number of hydrogen-bond donors (Lipinski definition) is 1. The summed E-state index contributed by atoms with van der Waals surface area (Å²) >= 11 is 0. The molecule has 0 atom stereocenters. The van der Waals surface area contributed by atoms with Gasteiger partial charge in [0, 0.05) is 11.1 Å². The maximum Gasteiger partial charge on any atom is 0.230 e. The van der Waals surface area contributed by atoms with Crippen LogP contribution in [0.2, 0.25) is 0 Å². The Morgan fingerprint density at radius 3 is 2.12 bits per heavy atom. The lowest BCUT2D eigenvalue weighted by Gasteiger charge is -2.12. The number of aromatic nitrogens is 2. The van der Waals surface area contributed by atoms with Crippen molar-refractivity contribution < 1.29 is 4.79 Å². The Morgan fingerprint density at radius 2 is 1.38 bits per heavy atom. The summed E-state index contributed by atoms with van der Waals surface area (Å²) < 4.78 is 0. The summed E-state index contributed by atoms with van der Waals surface area (Å²) in [6.45, 7) is 0. The second kappa shape index (κ2) is 8.82. The van der Waals surface area contributed by atoms with Crippen molar-refractivity contribution in [2.45, 2.75) is 6.42 Å². The minimum Gasteiger partial charge on any atom is -0.309 e. The molecular weight excluding hydrogens is 394 g/mol. The van der Waals surface area contributed by atoms with E-state index in [-0.39, 0.29) is 12.3 Å². The summed E-state index contributed by atoms with van der Waals surface area (Å²) in [4.78, 5) is 22.3. The maximum absolute atomic E-state index is 12.9. The standard InChI is InChI=1S/C28H21N3O/c32-26(18-20-15-16-21-9-7-8-14-24(21)17-20)31-28-27(23-12-5-2-6-13-23)30-25(19-29-28)22-10-3-1-4-11-22/h1-17,19H,18H2,(H,29,31,32). The zero-order chi connectivity index (χ0) is 21.8. The molecule has 0 radical (unpaired) electrons. The predicted octanol–water partition coefficient (Wildman–Crippen LogP) is 6.15. The highest BCUT2D eigenvalue weighted by atomic mass is 16.1. The van der Waals surface area contributed by atoms with Crippen molar-refractivity contribution in [1.82, 2.24) is 9.97 Å². The lowest BCUT2D eigenvalue weighted by atomic mass is 10.0.